The maximum Gasteiger partial charge on any atom is 0.282 e. The quantitative estimate of drug-likeness (QED) is 0.707. The van der Waals surface area contributed by atoms with Crippen molar-refractivity contribution in [3.63, 3.8) is 0 Å². The summed E-state index contributed by atoms with van der Waals surface area (Å²) < 4.78 is 18.7. The first-order valence-electron chi connectivity index (χ1n) is 5.09. The number of nitrogens with zero attached hydrogens (tertiary/aromatic N) is 1. The van der Waals surface area contributed by atoms with Gasteiger partial charge in [-0.25, -0.2) is 9.38 Å². The van der Waals surface area contributed by atoms with Crippen LogP contribution in [0.5, 0.6) is 0 Å². The normalized spacial score (nSPS) is 24.8. The second kappa shape index (κ2) is 4.00. The second-order valence-corrected chi connectivity index (χ2v) is 3.98. The molecule has 2 atom stereocenters. The zero-order chi connectivity index (χ0) is 11.7. The zero-order valence-corrected chi connectivity index (χ0v) is 8.98. The van der Waals surface area contributed by atoms with Crippen molar-refractivity contribution in [2.75, 3.05) is 12.3 Å². The molecule has 0 spiro atoms. The van der Waals surface area contributed by atoms with Gasteiger partial charge in [-0.15, -0.1) is 0 Å². The van der Waals surface area contributed by atoms with Crippen molar-refractivity contribution < 1.29 is 9.13 Å². The molecule has 5 heteroatoms. The van der Waals surface area contributed by atoms with Crippen LogP contribution in [0.3, 0.4) is 0 Å². The molecule has 0 aliphatic carbocycles. The Morgan fingerprint density at radius 1 is 1.44 bits per heavy atom. The molecule has 1 heterocycles. The summed E-state index contributed by atoms with van der Waals surface area (Å²) in [6, 6.07) is 4.25. The highest BCUT2D eigenvalue weighted by molar-refractivity contribution is 5.72. The van der Waals surface area contributed by atoms with Crippen LogP contribution in [-0.4, -0.2) is 12.6 Å². The van der Waals surface area contributed by atoms with Gasteiger partial charge < -0.3 is 16.2 Å². The number of benzene rings is 1. The number of amidine groups is 1. The van der Waals surface area contributed by atoms with Crippen molar-refractivity contribution in [2.45, 2.75) is 13.0 Å². The summed E-state index contributed by atoms with van der Waals surface area (Å²) in [6.07, 6.45) is 0. The molecule has 4 nitrogen and oxygen atoms in total. The molecule has 1 unspecified atom stereocenters. The van der Waals surface area contributed by atoms with Crippen LogP contribution in [-0.2, 0) is 4.74 Å². The average Bonchev–Trinajstić information content (AvgIpc) is 2.25. The molecule has 0 saturated carbocycles. The Morgan fingerprint density at radius 2 is 2.19 bits per heavy atom. The molecule has 2 rings (SSSR count). The van der Waals surface area contributed by atoms with E-state index in [1.807, 2.05) is 6.92 Å². The van der Waals surface area contributed by atoms with Crippen LogP contribution >= 0.6 is 0 Å². The van der Waals surface area contributed by atoms with Crippen LogP contribution in [0.1, 0.15) is 18.5 Å². The number of anilines is 1. The Balaban J connectivity index is 2.42. The van der Waals surface area contributed by atoms with E-state index in [9.17, 15) is 4.39 Å². The molecule has 0 saturated heterocycles. The summed E-state index contributed by atoms with van der Waals surface area (Å²) in [4.78, 5) is 4.11. The fourth-order valence-electron chi connectivity index (χ4n) is 1.77. The topological polar surface area (TPSA) is 73.6 Å². The predicted octanol–water partition coefficient (Wildman–Crippen LogP) is 1.43. The molecule has 0 radical (unpaired) electrons. The number of hydrogen-bond acceptors (Lipinski definition) is 4. The summed E-state index contributed by atoms with van der Waals surface area (Å²) >= 11 is 0. The highest BCUT2D eigenvalue weighted by Gasteiger charge is 2.26. The van der Waals surface area contributed by atoms with E-state index in [-0.39, 0.29) is 23.8 Å². The van der Waals surface area contributed by atoms with E-state index in [0.29, 0.717) is 17.9 Å². The Labute approximate surface area is 93.1 Å². The van der Waals surface area contributed by atoms with Gasteiger partial charge in [0.25, 0.3) is 6.02 Å². The van der Waals surface area contributed by atoms with E-state index in [1.165, 1.54) is 12.1 Å². The second-order valence-electron chi connectivity index (χ2n) is 3.98. The molecule has 0 aromatic heterocycles. The lowest BCUT2D eigenvalue weighted by Gasteiger charge is -2.26. The number of aliphatic imine (C=N–C) groups is 1. The molecular formula is C11H14FN3O. The fraction of sp³-hybridized carbons (Fsp3) is 0.364. The van der Waals surface area contributed by atoms with Gasteiger partial charge >= 0.3 is 0 Å². The van der Waals surface area contributed by atoms with Crippen molar-refractivity contribution in [2.24, 2.45) is 16.6 Å². The number of rotatable bonds is 1. The zero-order valence-electron chi connectivity index (χ0n) is 8.98. The van der Waals surface area contributed by atoms with Gasteiger partial charge in [-0.05, 0) is 18.2 Å². The van der Waals surface area contributed by atoms with Crippen LogP contribution in [0.2, 0.25) is 0 Å². The third kappa shape index (κ3) is 1.93. The first-order valence-corrected chi connectivity index (χ1v) is 5.09. The Morgan fingerprint density at radius 3 is 2.94 bits per heavy atom. The van der Waals surface area contributed by atoms with Gasteiger partial charge in [0, 0.05) is 17.2 Å². The molecule has 86 valence electrons. The first kappa shape index (κ1) is 10.7. The lowest BCUT2D eigenvalue weighted by atomic mass is 9.94. The van der Waals surface area contributed by atoms with Crippen molar-refractivity contribution in [1.29, 1.82) is 0 Å². The van der Waals surface area contributed by atoms with Crippen LogP contribution in [0.4, 0.5) is 10.1 Å². The van der Waals surface area contributed by atoms with E-state index in [4.69, 9.17) is 16.2 Å². The lowest BCUT2D eigenvalue weighted by molar-refractivity contribution is 0.195. The SMILES string of the molecule is C[C@H]1COC(N)=NC1c1cc(N)ccc1F. The maximum absolute atomic E-state index is 13.6. The van der Waals surface area contributed by atoms with Crippen LogP contribution in [0, 0.1) is 11.7 Å². The van der Waals surface area contributed by atoms with Gasteiger partial charge in [0.1, 0.15) is 5.82 Å². The first-order chi connectivity index (χ1) is 7.58. The third-order valence-electron chi connectivity index (χ3n) is 2.64. The van der Waals surface area contributed by atoms with E-state index in [1.54, 1.807) is 6.07 Å². The van der Waals surface area contributed by atoms with Gasteiger partial charge in [-0.3, -0.25) is 0 Å². The molecule has 1 aromatic rings. The van der Waals surface area contributed by atoms with Crippen LogP contribution in [0.25, 0.3) is 0 Å². The monoisotopic (exact) mass is 223 g/mol. The van der Waals surface area contributed by atoms with Crippen molar-refractivity contribution in [3.05, 3.63) is 29.6 Å². The maximum atomic E-state index is 13.6. The molecule has 16 heavy (non-hydrogen) atoms. The van der Waals surface area contributed by atoms with E-state index in [0.717, 1.165) is 0 Å². The number of hydrogen-bond donors (Lipinski definition) is 2. The van der Waals surface area contributed by atoms with E-state index in [2.05, 4.69) is 4.99 Å². The minimum Gasteiger partial charge on any atom is -0.465 e. The van der Waals surface area contributed by atoms with Crippen molar-refractivity contribution >= 4 is 11.7 Å². The summed E-state index contributed by atoms with van der Waals surface area (Å²) in [7, 11) is 0. The molecular weight excluding hydrogens is 209 g/mol. The van der Waals surface area contributed by atoms with Crippen LogP contribution < -0.4 is 11.5 Å². The van der Waals surface area contributed by atoms with Gasteiger partial charge in [0.15, 0.2) is 0 Å². The number of ether oxygens (including phenoxy) is 1. The summed E-state index contributed by atoms with van der Waals surface area (Å²) in [6.45, 7) is 2.37. The van der Waals surface area contributed by atoms with E-state index < -0.39 is 0 Å². The van der Waals surface area contributed by atoms with Crippen LogP contribution in [0.15, 0.2) is 23.2 Å². The number of halogens is 1. The minimum absolute atomic E-state index is 0.0728. The molecule has 1 aliphatic rings. The highest BCUT2D eigenvalue weighted by atomic mass is 19.1. The Hall–Kier alpha value is -1.78. The molecule has 4 N–H and O–H groups in total. The molecule has 0 amide bonds. The highest BCUT2D eigenvalue weighted by Crippen LogP contribution is 2.31. The Bertz CT molecular complexity index is 433. The standard InChI is InChI=1S/C11H14FN3O/c1-6-5-16-11(14)15-10(6)8-4-7(13)2-3-9(8)12/h2-4,6,10H,5,13H2,1H3,(H2,14,15)/t6-,10?/m0/s1. The summed E-state index contributed by atoms with van der Waals surface area (Å²) in [5, 5.41) is 0. The van der Waals surface area contributed by atoms with Crippen molar-refractivity contribution in [1.82, 2.24) is 0 Å². The molecule has 0 bridgehead atoms. The fourth-order valence-corrected chi connectivity index (χ4v) is 1.77. The average molecular weight is 223 g/mol. The molecule has 1 aromatic carbocycles. The van der Waals surface area contributed by atoms with Gasteiger partial charge in [0.2, 0.25) is 0 Å². The predicted molar refractivity (Wildman–Crippen MR) is 60.3 cm³/mol. The smallest absolute Gasteiger partial charge is 0.282 e. The lowest BCUT2D eigenvalue weighted by Crippen LogP contribution is -2.29. The van der Waals surface area contributed by atoms with E-state index >= 15 is 0 Å². The van der Waals surface area contributed by atoms with Gasteiger partial charge in [0.05, 0.1) is 12.6 Å². The number of nitrogen functional groups attached to an aromatic ring is 1. The largest absolute Gasteiger partial charge is 0.465 e. The van der Waals surface area contributed by atoms with Gasteiger partial charge in [-0.1, -0.05) is 6.92 Å². The summed E-state index contributed by atoms with van der Waals surface area (Å²) in [5.41, 5.74) is 12.1. The summed E-state index contributed by atoms with van der Waals surface area (Å²) in [5.74, 6) is -0.242. The van der Waals surface area contributed by atoms with Gasteiger partial charge in [-0.2, -0.15) is 0 Å². The minimum atomic E-state index is -0.322. The molecule has 1 aliphatic heterocycles. The van der Waals surface area contributed by atoms with Crippen molar-refractivity contribution in [3.8, 4) is 0 Å². The number of nitrogens with two attached hydrogens (primary N) is 2. The Kier molecular flexibility index (Phi) is 2.68. The molecule has 0 fully saturated rings. The third-order valence-corrected chi connectivity index (χ3v) is 2.64.